The summed E-state index contributed by atoms with van der Waals surface area (Å²) in [7, 11) is 0. The van der Waals surface area contributed by atoms with Gasteiger partial charge in [-0.3, -0.25) is 0 Å². The van der Waals surface area contributed by atoms with Crippen molar-refractivity contribution in [1.82, 2.24) is 14.8 Å². The molecule has 2 aliphatic rings. The van der Waals surface area contributed by atoms with Gasteiger partial charge < -0.3 is 4.74 Å². The average molecular weight is 278 g/mol. The van der Waals surface area contributed by atoms with Crippen LogP contribution in [-0.4, -0.2) is 21.4 Å². The van der Waals surface area contributed by atoms with Gasteiger partial charge in [-0.2, -0.15) is 5.10 Å². The Hall–Kier alpha value is -1.13. The second-order valence-corrected chi connectivity index (χ2v) is 5.89. The minimum Gasteiger partial charge on any atom is -0.356 e. The first-order chi connectivity index (χ1) is 9.33. The largest absolute Gasteiger partial charge is 0.356 e. The van der Waals surface area contributed by atoms with Crippen LogP contribution in [0.1, 0.15) is 49.9 Å². The molecule has 1 aliphatic heterocycles. The molecule has 1 unspecified atom stereocenters. The van der Waals surface area contributed by atoms with Crippen molar-refractivity contribution in [3.05, 3.63) is 23.0 Å². The van der Waals surface area contributed by atoms with Crippen LogP contribution in [0.2, 0.25) is 5.02 Å². The maximum atomic E-state index is 6.08. The van der Waals surface area contributed by atoms with Gasteiger partial charge in [0.15, 0.2) is 11.9 Å². The third kappa shape index (κ3) is 2.03. The summed E-state index contributed by atoms with van der Waals surface area (Å²) in [6.07, 6.45) is 7.54. The number of hydrogen-bond acceptors (Lipinski definition) is 3. The van der Waals surface area contributed by atoms with Gasteiger partial charge in [0, 0.05) is 24.1 Å². The number of fused-ring (bicyclic) bond motifs is 1. The van der Waals surface area contributed by atoms with E-state index in [1.807, 2.05) is 10.7 Å². The standard InChI is InChI=1S/C14H16ClN3O/c15-10-7-11-13(9-4-5-9)17-18(14(11)16-8-10)12-3-1-2-6-19-12/h7-9,12H,1-6H2. The molecule has 0 amide bonds. The highest BCUT2D eigenvalue weighted by molar-refractivity contribution is 6.31. The zero-order chi connectivity index (χ0) is 12.8. The second-order valence-electron chi connectivity index (χ2n) is 5.45. The van der Waals surface area contributed by atoms with Gasteiger partial charge in [0.2, 0.25) is 0 Å². The summed E-state index contributed by atoms with van der Waals surface area (Å²) in [5.74, 6) is 0.590. The Morgan fingerprint density at radius 1 is 1.26 bits per heavy atom. The quantitative estimate of drug-likeness (QED) is 0.841. The fourth-order valence-corrected chi connectivity index (χ4v) is 2.95. The zero-order valence-electron chi connectivity index (χ0n) is 10.7. The van der Waals surface area contributed by atoms with E-state index in [0.29, 0.717) is 10.9 Å². The van der Waals surface area contributed by atoms with Gasteiger partial charge in [-0.05, 0) is 38.2 Å². The molecule has 0 spiro atoms. The van der Waals surface area contributed by atoms with Crippen LogP contribution < -0.4 is 0 Å². The van der Waals surface area contributed by atoms with Crippen LogP contribution in [-0.2, 0) is 4.74 Å². The molecule has 4 rings (SSSR count). The first-order valence-corrected chi connectivity index (χ1v) is 7.36. The van der Waals surface area contributed by atoms with Crippen LogP contribution in [0.25, 0.3) is 11.0 Å². The van der Waals surface area contributed by atoms with Crippen molar-refractivity contribution in [3.63, 3.8) is 0 Å². The SMILES string of the molecule is Clc1cnc2c(c1)c(C1CC1)nn2C1CCCCO1. The molecular formula is C14H16ClN3O. The van der Waals surface area contributed by atoms with E-state index < -0.39 is 0 Å². The van der Waals surface area contributed by atoms with E-state index in [1.165, 1.54) is 19.3 Å². The molecule has 0 bridgehead atoms. The fraction of sp³-hybridized carbons (Fsp3) is 0.571. The molecule has 4 nitrogen and oxygen atoms in total. The molecule has 2 fully saturated rings. The predicted octanol–water partition coefficient (Wildman–Crippen LogP) is 3.66. The van der Waals surface area contributed by atoms with E-state index in [0.717, 1.165) is 36.2 Å². The van der Waals surface area contributed by atoms with Crippen molar-refractivity contribution < 1.29 is 4.74 Å². The Bertz CT molecular complexity index is 614. The van der Waals surface area contributed by atoms with Gasteiger partial charge in [0.1, 0.15) is 0 Å². The summed E-state index contributed by atoms with van der Waals surface area (Å²) in [6.45, 7) is 0.818. The third-order valence-electron chi connectivity index (χ3n) is 3.93. The Kier molecular flexibility index (Phi) is 2.74. The van der Waals surface area contributed by atoms with Gasteiger partial charge >= 0.3 is 0 Å². The Balaban J connectivity index is 1.85. The normalized spacial score (nSPS) is 23.9. The maximum absolute atomic E-state index is 6.08. The number of halogens is 1. The molecule has 2 aromatic heterocycles. The van der Waals surface area contributed by atoms with Crippen LogP contribution >= 0.6 is 11.6 Å². The summed E-state index contributed by atoms with van der Waals surface area (Å²) in [6, 6.07) is 1.99. The van der Waals surface area contributed by atoms with E-state index in [4.69, 9.17) is 21.4 Å². The van der Waals surface area contributed by atoms with E-state index in [1.54, 1.807) is 6.20 Å². The number of hydrogen-bond donors (Lipinski definition) is 0. The number of nitrogens with zero attached hydrogens (tertiary/aromatic N) is 3. The molecule has 3 heterocycles. The van der Waals surface area contributed by atoms with Crippen molar-refractivity contribution >= 4 is 22.6 Å². The molecule has 0 aromatic carbocycles. The summed E-state index contributed by atoms with van der Waals surface area (Å²) in [5, 5.41) is 6.57. The molecule has 1 aliphatic carbocycles. The van der Waals surface area contributed by atoms with Gasteiger partial charge in [0.05, 0.1) is 10.7 Å². The Morgan fingerprint density at radius 3 is 2.89 bits per heavy atom. The van der Waals surface area contributed by atoms with Crippen molar-refractivity contribution in [3.8, 4) is 0 Å². The lowest BCUT2D eigenvalue weighted by atomic mass is 10.2. The number of rotatable bonds is 2. The first-order valence-electron chi connectivity index (χ1n) is 6.98. The molecule has 1 atom stereocenters. The highest BCUT2D eigenvalue weighted by Gasteiger charge is 2.31. The Labute approximate surface area is 116 Å². The molecular weight excluding hydrogens is 262 g/mol. The van der Waals surface area contributed by atoms with Gasteiger partial charge in [0.25, 0.3) is 0 Å². The van der Waals surface area contributed by atoms with Gasteiger partial charge in [-0.15, -0.1) is 0 Å². The topological polar surface area (TPSA) is 39.9 Å². The average Bonchev–Trinajstić information content (AvgIpc) is 3.21. The number of aromatic nitrogens is 3. The smallest absolute Gasteiger partial charge is 0.160 e. The van der Waals surface area contributed by atoms with Crippen LogP contribution in [0.5, 0.6) is 0 Å². The molecule has 0 N–H and O–H groups in total. The number of ether oxygens (including phenoxy) is 1. The highest BCUT2D eigenvalue weighted by atomic mass is 35.5. The maximum Gasteiger partial charge on any atom is 0.160 e. The molecule has 1 saturated heterocycles. The van der Waals surface area contributed by atoms with Crippen LogP contribution in [0.3, 0.4) is 0 Å². The summed E-state index contributed by atoms with van der Waals surface area (Å²) >= 11 is 6.08. The van der Waals surface area contributed by atoms with Crippen molar-refractivity contribution in [2.24, 2.45) is 0 Å². The molecule has 100 valence electrons. The van der Waals surface area contributed by atoms with E-state index in [-0.39, 0.29) is 6.23 Å². The Morgan fingerprint density at radius 2 is 2.16 bits per heavy atom. The van der Waals surface area contributed by atoms with Crippen molar-refractivity contribution in [2.45, 2.75) is 44.2 Å². The van der Waals surface area contributed by atoms with E-state index in [2.05, 4.69) is 4.98 Å². The van der Waals surface area contributed by atoms with Crippen LogP contribution in [0.15, 0.2) is 12.3 Å². The minimum absolute atomic E-state index is 0.0393. The predicted molar refractivity (Wildman–Crippen MR) is 73.4 cm³/mol. The molecule has 1 saturated carbocycles. The van der Waals surface area contributed by atoms with Crippen LogP contribution in [0, 0.1) is 0 Å². The monoisotopic (exact) mass is 277 g/mol. The lowest BCUT2D eigenvalue weighted by molar-refractivity contribution is -0.0372. The zero-order valence-corrected chi connectivity index (χ0v) is 11.4. The molecule has 2 aromatic rings. The van der Waals surface area contributed by atoms with Gasteiger partial charge in [-0.25, -0.2) is 9.67 Å². The molecule has 0 radical (unpaired) electrons. The van der Waals surface area contributed by atoms with Crippen molar-refractivity contribution in [1.29, 1.82) is 0 Å². The molecule has 5 heteroatoms. The minimum atomic E-state index is 0.0393. The highest BCUT2D eigenvalue weighted by Crippen LogP contribution is 2.43. The second kappa shape index (κ2) is 4.46. The van der Waals surface area contributed by atoms with Crippen LogP contribution in [0.4, 0.5) is 0 Å². The fourth-order valence-electron chi connectivity index (χ4n) is 2.80. The third-order valence-corrected chi connectivity index (χ3v) is 4.14. The van der Waals surface area contributed by atoms with E-state index in [9.17, 15) is 0 Å². The van der Waals surface area contributed by atoms with Crippen molar-refractivity contribution in [2.75, 3.05) is 6.61 Å². The lowest BCUT2D eigenvalue weighted by Crippen LogP contribution is -2.19. The lowest BCUT2D eigenvalue weighted by Gasteiger charge is -2.23. The van der Waals surface area contributed by atoms with Gasteiger partial charge in [-0.1, -0.05) is 11.6 Å². The summed E-state index contributed by atoms with van der Waals surface area (Å²) < 4.78 is 7.81. The summed E-state index contributed by atoms with van der Waals surface area (Å²) in [4.78, 5) is 4.48. The molecule has 19 heavy (non-hydrogen) atoms. The summed E-state index contributed by atoms with van der Waals surface area (Å²) in [5.41, 5.74) is 2.07. The van der Waals surface area contributed by atoms with E-state index >= 15 is 0 Å². The first kappa shape index (κ1) is 11.7. The number of pyridine rings is 1.